The maximum absolute atomic E-state index is 13.4. The minimum Gasteiger partial charge on any atom is -0.481 e. The van der Waals surface area contributed by atoms with Gasteiger partial charge in [-0.05, 0) is 77.5 Å². The standard InChI is InChI=1S/C29H38F3N3O6S/c1-17-22(26(36)33-21-12-20(13-21)27(37)38)15-23(35(17)16-18-8-6-5-7-9-18)19-10-11-25(24(14-19)41-29(30,31)32)42(39,40)34-28(2,3)4/h10-11,14-15,18,20-21,34H,5-9,12-13,16H2,1-4H3,(H,33,36)(H,37,38)/t20-,21-. The number of alkyl halides is 3. The lowest BCUT2D eigenvalue weighted by Crippen LogP contribution is -2.46. The van der Waals surface area contributed by atoms with E-state index in [1.165, 1.54) is 6.07 Å². The molecule has 1 aromatic carbocycles. The molecular formula is C29H38F3N3O6S. The summed E-state index contributed by atoms with van der Waals surface area (Å²) in [5.41, 5.74) is 0.707. The van der Waals surface area contributed by atoms with E-state index in [1.54, 1.807) is 33.8 Å². The van der Waals surface area contributed by atoms with E-state index in [0.29, 0.717) is 42.3 Å². The summed E-state index contributed by atoms with van der Waals surface area (Å²) in [5, 5.41) is 12.0. The second kappa shape index (κ2) is 11.9. The molecule has 1 amide bonds. The Hall–Kier alpha value is -3.06. The van der Waals surface area contributed by atoms with E-state index >= 15 is 0 Å². The molecule has 232 valence electrons. The number of sulfonamides is 1. The van der Waals surface area contributed by atoms with E-state index in [4.69, 9.17) is 5.11 Å². The van der Waals surface area contributed by atoms with E-state index in [1.807, 2.05) is 4.57 Å². The average molecular weight is 614 g/mol. The van der Waals surface area contributed by atoms with Crippen LogP contribution in [-0.2, 0) is 21.4 Å². The Kier molecular flexibility index (Phi) is 9.03. The Labute approximate surface area is 243 Å². The average Bonchev–Trinajstić information content (AvgIpc) is 3.14. The van der Waals surface area contributed by atoms with Crippen molar-refractivity contribution in [1.29, 1.82) is 0 Å². The summed E-state index contributed by atoms with van der Waals surface area (Å²) >= 11 is 0. The Morgan fingerprint density at radius 2 is 1.71 bits per heavy atom. The summed E-state index contributed by atoms with van der Waals surface area (Å²) in [6, 6.07) is 4.85. The fraction of sp³-hybridized carbons (Fsp3) is 0.586. The van der Waals surface area contributed by atoms with Gasteiger partial charge in [-0.1, -0.05) is 25.3 Å². The minimum absolute atomic E-state index is 0.261. The lowest BCUT2D eigenvalue weighted by molar-refractivity contribution is -0.275. The monoisotopic (exact) mass is 613 g/mol. The van der Waals surface area contributed by atoms with Crippen LogP contribution in [0.1, 0.15) is 81.8 Å². The predicted octanol–water partition coefficient (Wildman–Crippen LogP) is 5.61. The molecule has 0 spiro atoms. The van der Waals surface area contributed by atoms with Crippen LogP contribution >= 0.6 is 0 Å². The molecule has 13 heteroatoms. The number of amides is 1. The molecule has 42 heavy (non-hydrogen) atoms. The number of nitrogens with one attached hydrogen (secondary N) is 2. The highest BCUT2D eigenvalue weighted by Gasteiger charge is 2.37. The summed E-state index contributed by atoms with van der Waals surface area (Å²) < 4.78 is 74.9. The molecule has 2 saturated carbocycles. The van der Waals surface area contributed by atoms with E-state index in [0.717, 1.165) is 44.2 Å². The van der Waals surface area contributed by atoms with Crippen molar-refractivity contribution in [2.24, 2.45) is 11.8 Å². The maximum Gasteiger partial charge on any atom is 0.573 e. The van der Waals surface area contributed by atoms with Crippen LogP contribution in [0.2, 0.25) is 0 Å². The summed E-state index contributed by atoms with van der Waals surface area (Å²) in [6.45, 7) is 7.02. The molecule has 0 radical (unpaired) electrons. The number of ether oxygens (including phenoxy) is 1. The minimum atomic E-state index is -5.15. The van der Waals surface area contributed by atoms with Gasteiger partial charge in [0.25, 0.3) is 5.91 Å². The van der Waals surface area contributed by atoms with Gasteiger partial charge in [0.15, 0.2) is 0 Å². The Morgan fingerprint density at radius 1 is 1.07 bits per heavy atom. The Morgan fingerprint density at radius 3 is 2.29 bits per heavy atom. The topological polar surface area (TPSA) is 127 Å². The largest absolute Gasteiger partial charge is 0.573 e. The zero-order valence-electron chi connectivity index (χ0n) is 24.2. The quantitative estimate of drug-likeness (QED) is 0.337. The molecular weight excluding hydrogens is 575 g/mol. The number of hydrogen-bond acceptors (Lipinski definition) is 5. The zero-order valence-corrected chi connectivity index (χ0v) is 25.0. The summed E-state index contributed by atoms with van der Waals surface area (Å²) in [6.07, 6.45) is 0.737. The van der Waals surface area contributed by atoms with Crippen LogP contribution in [0.5, 0.6) is 5.75 Å². The van der Waals surface area contributed by atoms with Gasteiger partial charge in [-0.25, -0.2) is 13.1 Å². The first-order valence-corrected chi connectivity index (χ1v) is 15.6. The fourth-order valence-corrected chi connectivity index (χ4v) is 7.26. The van der Waals surface area contributed by atoms with Crippen LogP contribution in [0.4, 0.5) is 13.2 Å². The highest BCUT2D eigenvalue weighted by molar-refractivity contribution is 7.89. The van der Waals surface area contributed by atoms with Crippen LogP contribution in [-0.4, -0.2) is 47.9 Å². The molecule has 4 rings (SSSR count). The van der Waals surface area contributed by atoms with E-state index in [9.17, 15) is 31.2 Å². The van der Waals surface area contributed by atoms with Crippen molar-refractivity contribution in [3.05, 3.63) is 35.5 Å². The van der Waals surface area contributed by atoms with Gasteiger partial charge in [-0.15, -0.1) is 13.2 Å². The van der Waals surface area contributed by atoms with Crippen molar-refractivity contribution in [1.82, 2.24) is 14.6 Å². The van der Waals surface area contributed by atoms with Crippen LogP contribution in [0, 0.1) is 18.8 Å². The molecule has 1 heterocycles. The number of rotatable bonds is 9. The van der Waals surface area contributed by atoms with Gasteiger partial charge in [0, 0.05) is 35.1 Å². The number of nitrogens with zero attached hydrogens (tertiary/aromatic N) is 1. The van der Waals surface area contributed by atoms with Crippen LogP contribution in [0.25, 0.3) is 11.3 Å². The van der Waals surface area contributed by atoms with Crippen molar-refractivity contribution < 1.29 is 41.0 Å². The number of hydrogen-bond donors (Lipinski definition) is 3. The lowest BCUT2D eigenvalue weighted by atomic mass is 9.80. The molecule has 0 unspecified atom stereocenters. The van der Waals surface area contributed by atoms with Gasteiger partial charge in [0.05, 0.1) is 11.5 Å². The molecule has 1 aromatic heterocycles. The number of carbonyl (C=O) groups is 2. The van der Waals surface area contributed by atoms with E-state index in [2.05, 4.69) is 14.8 Å². The molecule has 2 aliphatic rings. The zero-order chi connectivity index (χ0) is 31.0. The second-order valence-corrected chi connectivity index (χ2v) is 14.0. The Balaban J connectivity index is 1.75. The third-order valence-corrected chi connectivity index (χ3v) is 9.59. The number of carbonyl (C=O) groups excluding carboxylic acids is 1. The van der Waals surface area contributed by atoms with E-state index < -0.39 is 50.4 Å². The van der Waals surface area contributed by atoms with Crippen LogP contribution < -0.4 is 14.8 Å². The number of aromatic nitrogens is 1. The first-order valence-electron chi connectivity index (χ1n) is 14.1. The first-order chi connectivity index (χ1) is 19.4. The van der Waals surface area contributed by atoms with Gasteiger partial charge in [-0.2, -0.15) is 0 Å². The van der Waals surface area contributed by atoms with Crippen molar-refractivity contribution in [2.75, 3.05) is 0 Å². The van der Waals surface area contributed by atoms with Crippen molar-refractivity contribution in [2.45, 2.75) is 102 Å². The highest BCUT2D eigenvalue weighted by Crippen LogP contribution is 2.37. The summed E-state index contributed by atoms with van der Waals surface area (Å²) in [5.74, 6) is -2.37. The predicted molar refractivity (Wildman–Crippen MR) is 150 cm³/mol. The molecule has 2 fully saturated rings. The number of aliphatic carboxylic acids is 1. The number of carboxylic acid groups (broad SMARTS) is 1. The molecule has 2 aliphatic carbocycles. The first kappa shape index (κ1) is 31.9. The van der Waals surface area contributed by atoms with Gasteiger partial charge >= 0.3 is 12.3 Å². The lowest BCUT2D eigenvalue weighted by Gasteiger charge is -2.32. The number of halogens is 3. The van der Waals surface area contributed by atoms with E-state index in [-0.39, 0.29) is 11.6 Å². The number of carboxylic acids is 1. The third kappa shape index (κ3) is 7.66. The van der Waals surface area contributed by atoms with Crippen LogP contribution in [0.3, 0.4) is 0 Å². The van der Waals surface area contributed by atoms with Crippen molar-refractivity contribution >= 4 is 21.9 Å². The molecule has 2 aromatic rings. The summed E-state index contributed by atoms with van der Waals surface area (Å²) in [4.78, 5) is 23.8. The molecule has 9 nitrogen and oxygen atoms in total. The number of benzene rings is 1. The molecule has 0 atom stereocenters. The molecule has 0 aliphatic heterocycles. The normalized spacial score (nSPS) is 20.2. The smallest absolute Gasteiger partial charge is 0.481 e. The van der Waals surface area contributed by atoms with Crippen molar-refractivity contribution in [3.63, 3.8) is 0 Å². The van der Waals surface area contributed by atoms with Crippen molar-refractivity contribution in [3.8, 4) is 17.0 Å². The highest BCUT2D eigenvalue weighted by atomic mass is 32.2. The maximum atomic E-state index is 13.4. The summed E-state index contributed by atoms with van der Waals surface area (Å²) in [7, 11) is -4.38. The molecule has 0 saturated heterocycles. The van der Waals surface area contributed by atoms with Gasteiger partial charge < -0.3 is 19.7 Å². The SMILES string of the molecule is Cc1c(C(=O)N[C@H]2C[C@H](C(=O)O)C2)cc(-c2ccc(S(=O)(=O)NC(C)(C)C)c(OC(F)(F)F)c2)n1CC1CCCCC1. The van der Waals surface area contributed by atoms with Crippen LogP contribution in [0.15, 0.2) is 29.2 Å². The third-order valence-electron chi connectivity index (χ3n) is 7.79. The fourth-order valence-electron chi connectivity index (χ4n) is 5.73. The second-order valence-electron chi connectivity index (χ2n) is 12.4. The Bertz CT molecular complexity index is 1430. The van der Waals surface area contributed by atoms with Gasteiger partial charge in [-0.3, -0.25) is 9.59 Å². The molecule has 3 N–H and O–H groups in total. The van der Waals surface area contributed by atoms with Gasteiger partial charge in [0.1, 0.15) is 10.6 Å². The molecule has 0 bridgehead atoms. The van der Waals surface area contributed by atoms with Gasteiger partial charge in [0.2, 0.25) is 10.0 Å².